The summed E-state index contributed by atoms with van der Waals surface area (Å²) in [6.45, 7) is 1.96. The molecular formula is C18H17N3O2S. The number of thiophene rings is 1. The molecule has 0 spiro atoms. The summed E-state index contributed by atoms with van der Waals surface area (Å²) in [6, 6.07) is 11.8. The maximum Gasteiger partial charge on any atom is 0.348 e. The molecule has 0 unspecified atom stereocenters. The number of aromatic carboxylic acids is 1. The van der Waals surface area contributed by atoms with Gasteiger partial charge in [0.25, 0.3) is 0 Å². The zero-order valence-electron chi connectivity index (χ0n) is 13.6. The van der Waals surface area contributed by atoms with E-state index >= 15 is 0 Å². The molecule has 0 saturated heterocycles. The molecule has 0 amide bonds. The third-order valence-electron chi connectivity index (χ3n) is 3.52. The number of aromatic nitrogens is 1. The second-order valence-corrected chi connectivity index (χ2v) is 6.66. The van der Waals surface area contributed by atoms with Gasteiger partial charge in [-0.2, -0.15) is 0 Å². The van der Waals surface area contributed by atoms with Crippen LogP contribution in [0.5, 0.6) is 0 Å². The minimum Gasteiger partial charge on any atom is -0.477 e. The van der Waals surface area contributed by atoms with Gasteiger partial charge < -0.3 is 10.0 Å². The minimum absolute atomic E-state index is 0.212. The molecule has 2 heterocycles. The highest BCUT2D eigenvalue weighted by Gasteiger charge is 2.20. The van der Waals surface area contributed by atoms with E-state index < -0.39 is 5.97 Å². The number of carboxylic acid groups (broad SMARTS) is 1. The lowest BCUT2D eigenvalue weighted by atomic mass is 10.1. The normalized spacial score (nSPS) is 11.3. The highest BCUT2D eigenvalue weighted by atomic mass is 32.1. The summed E-state index contributed by atoms with van der Waals surface area (Å²) < 4.78 is 0. The number of aryl methyl sites for hydroxylation is 1. The van der Waals surface area contributed by atoms with Gasteiger partial charge in [-0.15, -0.1) is 11.3 Å². The number of fused-ring (bicyclic) bond motifs is 1. The van der Waals surface area contributed by atoms with Crippen LogP contribution in [0.4, 0.5) is 5.69 Å². The third kappa shape index (κ3) is 3.00. The molecule has 3 aromatic rings. The predicted molar refractivity (Wildman–Crippen MR) is 98.6 cm³/mol. The van der Waals surface area contributed by atoms with Crippen LogP contribution in [-0.2, 0) is 0 Å². The summed E-state index contributed by atoms with van der Waals surface area (Å²) in [5.41, 5.74) is 3.28. The van der Waals surface area contributed by atoms with Crippen molar-refractivity contribution in [3.05, 3.63) is 46.8 Å². The van der Waals surface area contributed by atoms with Crippen LogP contribution in [0.3, 0.4) is 0 Å². The molecule has 2 aromatic heterocycles. The van der Waals surface area contributed by atoms with Crippen LogP contribution in [0.1, 0.15) is 15.2 Å². The molecule has 0 aliphatic heterocycles. The van der Waals surface area contributed by atoms with Crippen molar-refractivity contribution in [1.29, 1.82) is 0 Å². The van der Waals surface area contributed by atoms with Gasteiger partial charge >= 0.3 is 5.97 Å². The Labute approximate surface area is 143 Å². The molecular weight excluding hydrogens is 322 g/mol. The number of benzene rings is 1. The first-order chi connectivity index (χ1) is 11.5. The van der Waals surface area contributed by atoms with Crippen LogP contribution >= 0.6 is 11.3 Å². The molecule has 0 aliphatic carbocycles. The van der Waals surface area contributed by atoms with E-state index in [1.165, 1.54) is 0 Å². The Morgan fingerprint density at radius 3 is 2.62 bits per heavy atom. The Kier molecular flexibility index (Phi) is 4.31. The van der Waals surface area contributed by atoms with E-state index in [4.69, 9.17) is 0 Å². The zero-order chi connectivity index (χ0) is 17.3. The van der Waals surface area contributed by atoms with Crippen molar-refractivity contribution in [2.75, 3.05) is 14.1 Å². The molecule has 0 radical (unpaired) electrons. The van der Waals surface area contributed by atoms with Gasteiger partial charge in [-0.25, -0.2) is 14.8 Å². The monoisotopic (exact) mass is 339 g/mol. The average Bonchev–Trinajstić information content (AvgIpc) is 2.93. The van der Waals surface area contributed by atoms with Crippen molar-refractivity contribution in [3.8, 4) is 11.3 Å². The predicted octanol–water partition coefficient (Wildman–Crippen LogP) is 4.19. The third-order valence-corrected chi connectivity index (χ3v) is 4.58. The van der Waals surface area contributed by atoms with Crippen molar-refractivity contribution in [2.24, 2.45) is 4.99 Å². The number of carbonyl (C=O) groups is 1. The average molecular weight is 339 g/mol. The summed E-state index contributed by atoms with van der Waals surface area (Å²) in [5.74, 6) is -0.982. The number of rotatable bonds is 4. The van der Waals surface area contributed by atoms with Crippen molar-refractivity contribution < 1.29 is 9.90 Å². The molecule has 0 atom stereocenters. The van der Waals surface area contributed by atoms with Gasteiger partial charge in [0.15, 0.2) is 0 Å². The largest absolute Gasteiger partial charge is 0.477 e. The fourth-order valence-electron chi connectivity index (χ4n) is 2.46. The number of pyridine rings is 1. The molecule has 1 aromatic carbocycles. The van der Waals surface area contributed by atoms with Crippen LogP contribution in [0, 0.1) is 6.92 Å². The van der Waals surface area contributed by atoms with Gasteiger partial charge in [-0.1, -0.05) is 30.3 Å². The Morgan fingerprint density at radius 2 is 2.00 bits per heavy atom. The molecule has 0 bridgehead atoms. The zero-order valence-corrected chi connectivity index (χ0v) is 14.5. The molecule has 122 valence electrons. The van der Waals surface area contributed by atoms with Crippen LogP contribution < -0.4 is 0 Å². The minimum atomic E-state index is -0.982. The van der Waals surface area contributed by atoms with Crippen molar-refractivity contribution in [1.82, 2.24) is 9.88 Å². The fourth-order valence-corrected chi connectivity index (χ4v) is 3.50. The van der Waals surface area contributed by atoms with Gasteiger partial charge in [-0.05, 0) is 18.6 Å². The highest BCUT2D eigenvalue weighted by Crippen LogP contribution is 2.40. The highest BCUT2D eigenvalue weighted by molar-refractivity contribution is 7.21. The summed E-state index contributed by atoms with van der Waals surface area (Å²) in [4.78, 5) is 23.3. The summed E-state index contributed by atoms with van der Waals surface area (Å²) in [5, 5.41) is 10.3. The van der Waals surface area contributed by atoms with Gasteiger partial charge in [0.2, 0.25) is 0 Å². The number of aliphatic imine (C=N–C) groups is 1. The first-order valence-electron chi connectivity index (χ1n) is 7.41. The van der Waals surface area contributed by atoms with E-state index in [0.29, 0.717) is 10.5 Å². The molecule has 0 aliphatic rings. The van der Waals surface area contributed by atoms with Crippen LogP contribution in [-0.4, -0.2) is 41.4 Å². The van der Waals surface area contributed by atoms with E-state index in [1.807, 2.05) is 57.4 Å². The van der Waals surface area contributed by atoms with Crippen LogP contribution in [0.25, 0.3) is 21.5 Å². The molecule has 6 heteroatoms. The quantitative estimate of drug-likeness (QED) is 0.572. The molecule has 0 saturated carbocycles. The van der Waals surface area contributed by atoms with Crippen LogP contribution in [0.15, 0.2) is 41.4 Å². The van der Waals surface area contributed by atoms with Crippen LogP contribution in [0.2, 0.25) is 0 Å². The molecule has 5 nitrogen and oxygen atoms in total. The van der Waals surface area contributed by atoms with Crippen molar-refractivity contribution >= 4 is 39.5 Å². The lowest BCUT2D eigenvalue weighted by Gasteiger charge is -2.05. The second kappa shape index (κ2) is 6.41. The Balaban J connectivity index is 2.24. The molecule has 3 rings (SSSR count). The van der Waals surface area contributed by atoms with E-state index in [2.05, 4.69) is 9.98 Å². The fraction of sp³-hybridized carbons (Fsp3) is 0.167. The summed E-state index contributed by atoms with van der Waals surface area (Å²) in [7, 11) is 3.69. The van der Waals surface area contributed by atoms with E-state index in [1.54, 1.807) is 11.2 Å². The summed E-state index contributed by atoms with van der Waals surface area (Å²) in [6.07, 6.45) is 1.61. The van der Waals surface area contributed by atoms with Gasteiger partial charge in [0.05, 0.1) is 17.7 Å². The lowest BCUT2D eigenvalue weighted by Crippen LogP contribution is -2.07. The lowest BCUT2D eigenvalue weighted by molar-refractivity contribution is 0.0703. The van der Waals surface area contributed by atoms with E-state index in [-0.39, 0.29) is 4.88 Å². The topological polar surface area (TPSA) is 65.8 Å². The molecule has 24 heavy (non-hydrogen) atoms. The smallest absolute Gasteiger partial charge is 0.348 e. The van der Waals surface area contributed by atoms with E-state index in [0.717, 1.165) is 33.5 Å². The number of nitrogens with zero attached hydrogens (tertiary/aromatic N) is 3. The molecule has 1 N–H and O–H groups in total. The van der Waals surface area contributed by atoms with Crippen molar-refractivity contribution in [3.63, 3.8) is 0 Å². The number of carboxylic acids is 1. The van der Waals surface area contributed by atoms with Gasteiger partial charge in [-0.3, -0.25) is 0 Å². The second-order valence-electron chi connectivity index (χ2n) is 5.66. The maximum atomic E-state index is 11.6. The summed E-state index contributed by atoms with van der Waals surface area (Å²) >= 11 is 1.16. The Bertz CT molecular complexity index is 930. The Hall–Kier alpha value is -2.73. The van der Waals surface area contributed by atoms with Gasteiger partial charge in [0.1, 0.15) is 9.71 Å². The number of hydrogen-bond acceptors (Lipinski definition) is 4. The van der Waals surface area contributed by atoms with E-state index in [9.17, 15) is 9.90 Å². The standard InChI is InChI=1S/C18H17N3O2S/c1-11-9-13(12-7-5-4-6-8-12)20-17-14(11)15(19-10-21(2)3)16(24-17)18(22)23/h4-10H,1-3H3,(H,22,23). The SMILES string of the molecule is Cc1cc(-c2ccccc2)nc2sc(C(=O)O)c(N=CN(C)C)c12. The first kappa shape index (κ1) is 16.1. The molecule has 0 fully saturated rings. The maximum absolute atomic E-state index is 11.6. The first-order valence-corrected chi connectivity index (χ1v) is 8.22. The number of hydrogen-bond donors (Lipinski definition) is 1. The van der Waals surface area contributed by atoms with Crippen molar-refractivity contribution in [2.45, 2.75) is 6.92 Å². The Morgan fingerprint density at radius 1 is 1.29 bits per heavy atom. The van der Waals surface area contributed by atoms with Gasteiger partial charge in [0, 0.05) is 25.0 Å².